The Morgan fingerprint density at radius 1 is 1.11 bits per heavy atom. The maximum absolute atomic E-state index is 12.3. The Bertz CT molecular complexity index is 1530. The number of carbonyl (C=O) groups is 1. The molecule has 0 radical (unpaired) electrons. The van der Waals surface area contributed by atoms with Crippen LogP contribution in [-0.2, 0) is 27.5 Å². The van der Waals surface area contributed by atoms with E-state index in [2.05, 4.69) is 32.2 Å². The van der Waals surface area contributed by atoms with Gasteiger partial charge < -0.3 is 35.3 Å². The topological polar surface area (TPSA) is 191 Å². The van der Waals surface area contributed by atoms with Gasteiger partial charge in [0.2, 0.25) is 11.5 Å². The molecule has 14 nitrogen and oxygen atoms in total. The number of nitrogens with one attached hydrogen (secondary N) is 3. The van der Waals surface area contributed by atoms with Gasteiger partial charge in [0.15, 0.2) is 11.5 Å². The monoisotopic (exact) mass is 621 g/mol. The number of hydrazone groups is 1. The van der Waals surface area contributed by atoms with Crippen LogP contribution in [0.4, 0.5) is 22.0 Å². The highest BCUT2D eigenvalue weighted by molar-refractivity contribution is 5.90. The molecule has 3 aromatic rings. The van der Waals surface area contributed by atoms with Gasteiger partial charge in [-0.1, -0.05) is 0 Å². The Kier molecular flexibility index (Phi) is 12.3. The first-order chi connectivity index (χ1) is 21.5. The Morgan fingerprint density at radius 3 is 2.53 bits per heavy atom. The number of rotatable bonds is 14. The van der Waals surface area contributed by atoms with Gasteiger partial charge in [0.25, 0.3) is 0 Å². The zero-order valence-electron chi connectivity index (χ0n) is 26.6. The molecule has 1 atom stereocenters. The van der Waals surface area contributed by atoms with Crippen LogP contribution in [0, 0.1) is 11.3 Å². The third kappa shape index (κ3) is 9.70. The number of nitrogens with zero attached hydrogens (tertiary/aromatic N) is 3. The molecule has 1 amide bonds. The van der Waals surface area contributed by atoms with Crippen molar-refractivity contribution in [1.82, 2.24) is 10.3 Å². The summed E-state index contributed by atoms with van der Waals surface area (Å²) in [7, 11) is 6.22. The average molecular weight is 622 g/mol. The molecule has 0 saturated heterocycles. The van der Waals surface area contributed by atoms with E-state index in [4.69, 9.17) is 29.5 Å². The van der Waals surface area contributed by atoms with E-state index in [1.807, 2.05) is 12.1 Å². The van der Waals surface area contributed by atoms with Crippen molar-refractivity contribution in [3.8, 4) is 17.6 Å². The van der Waals surface area contributed by atoms with Crippen LogP contribution >= 0.6 is 0 Å². The lowest BCUT2D eigenvalue weighted by molar-refractivity contribution is -0.829. The van der Waals surface area contributed by atoms with E-state index in [1.165, 1.54) is 12.6 Å². The summed E-state index contributed by atoms with van der Waals surface area (Å²) < 4.78 is 22.0. The fourth-order valence-electron chi connectivity index (χ4n) is 4.33. The first-order valence-electron chi connectivity index (χ1n) is 13.9. The van der Waals surface area contributed by atoms with Gasteiger partial charge in [-0.05, 0) is 68.3 Å². The molecule has 1 heterocycles. The van der Waals surface area contributed by atoms with Crippen molar-refractivity contribution in [1.29, 1.82) is 5.26 Å². The summed E-state index contributed by atoms with van der Waals surface area (Å²) in [5.41, 5.74) is 14.1. The SMILES string of the molecule is COCc1cc(C(Nc2ccc(C#N)c(CNC(=O)OC(C)(C)C)c2)/C(N)=N/Nc2ncccc2[NH2+]OC)cc(OC)c1OC. The molecule has 0 saturated carbocycles. The molecule has 3 rings (SSSR count). The van der Waals surface area contributed by atoms with Crippen molar-refractivity contribution in [3.63, 3.8) is 0 Å². The minimum atomic E-state index is -0.717. The predicted octanol–water partition coefficient (Wildman–Crippen LogP) is 3.44. The van der Waals surface area contributed by atoms with Crippen molar-refractivity contribution in [3.05, 3.63) is 70.9 Å². The second kappa shape index (κ2) is 16.1. The lowest BCUT2D eigenvalue weighted by Crippen LogP contribution is -2.76. The van der Waals surface area contributed by atoms with Crippen molar-refractivity contribution in [2.24, 2.45) is 10.8 Å². The Morgan fingerprint density at radius 2 is 1.89 bits per heavy atom. The number of ether oxygens (including phenoxy) is 4. The van der Waals surface area contributed by atoms with E-state index in [0.29, 0.717) is 45.4 Å². The molecule has 240 valence electrons. The molecule has 1 unspecified atom stereocenters. The summed E-state index contributed by atoms with van der Waals surface area (Å²) in [4.78, 5) is 21.8. The number of benzene rings is 2. The summed E-state index contributed by atoms with van der Waals surface area (Å²) in [5.74, 6) is 1.58. The Balaban J connectivity index is 2.04. The number of nitriles is 1. The first kappa shape index (κ1) is 34.4. The minimum absolute atomic E-state index is 0.0654. The highest BCUT2D eigenvalue weighted by Gasteiger charge is 2.23. The van der Waals surface area contributed by atoms with Crippen molar-refractivity contribution in [2.75, 3.05) is 39.2 Å². The first-order valence-corrected chi connectivity index (χ1v) is 13.9. The number of nitrogens with two attached hydrogens (primary N) is 2. The van der Waals surface area contributed by atoms with Gasteiger partial charge in [-0.3, -0.25) is 5.43 Å². The molecule has 14 heteroatoms. The molecular formula is C31H41N8O6+. The van der Waals surface area contributed by atoms with Crippen LogP contribution in [0.25, 0.3) is 0 Å². The van der Waals surface area contributed by atoms with Gasteiger partial charge in [0.1, 0.15) is 17.5 Å². The van der Waals surface area contributed by atoms with Crippen LogP contribution in [0.5, 0.6) is 11.5 Å². The van der Waals surface area contributed by atoms with Crippen LogP contribution < -0.4 is 36.7 Å². The number of hydrogen-bond donors (Lipinski definition) is 5. The fraction of sp³-hybridized carbons (Fsp3) is 0.355. The summed E-state index contributed by atoms with van der Waals surface area (Å²) in [6.45, 7) is 5.63. The number of amidine groups is 1. The predicted molar refractivity (Wildman–Crippen MR) is 169 cm³/mol. The van der Waals surface area contributed by atoms with E-state index in [-0.39, 0.29) is 19.0 Å². The zero-order chi connectivity index (χ0) is 33.0. The van der Waals surface area contributed by atoms with E-state index in [9.17, 15) is 10.1 Å². The van der Waals surface area contributed by atoms with Crippen LogP contribution in [0.1, 0.15) is 49.1 Å². The van der Waals surface area contributed by atoms with E-state index in [1.54, 1.807) is 78.6 Å². The molecule has 0 spiro atoms. The van der Waals surface area contributed by atoms with E-state index < -0.39 is 17.7 Å². The highest BCUT2D eigenvalue weighted by atomic mass is 16.6. The number of quaternary nitrogens is 1. The highest BCUT2D eigenvalue weighted by Crippen LogP contribution is 2.36. The smallest absolute Gasteiger partial charge is 0.407 e. The molecule has 0 fully saturated rings. The van der Waals surface area contributed by atoms with Gasteiger partial charge in [-0.15, -0.1) is 0 Å². The number of alkyl carbamates (subject to hydrolysis) is 1. The third-order valence-corrected chi connectivity index (χ3v) is 6.24. The second-order valence-electron chi connectivity index (χ2n) is 10.7. The Hall–Kier alpha value is -5.10. The largest absolute Gasteiger partial charge is 0.493 e. The maximum Gasteiger partial charge on any atom is 0.407 e. The maximum atomic E-state index is 12.3. The van der Waals surface area contributed by atoms with Gasteiger partial charge in [-0.2, -0.15) is 15.8 Å². The fourth-order valence-corrected chi connectivity index (χ4v) is 4.33. The van der Waals surface area contributed by atoms with Gasteiger partial charge in [-0.25, -0.2) is 14.6 Å². The summed E-state index contributed by atoms with van der Waals surface area (Å²) in [6, 6.07) is 13.9. The molecule has 1 aromatic heterocycles. The molecule has 0 aliphatic heterocycles. The number of carbonyl (C=O) groups excluding carboxylic acids is 1. The van der Waals surface area contributed by atoms with Gasteiger partial charge in [0, 0.05) is 37.2 Å². The Labute approximate surface area is 262 Å². The van der Waals surface area contributed by atoms with Crippen molar-refractivity contribution < 1.29 is 34.1 Å². The van der Waals surface area contributed by atoms with Crippen LogP contribution in [0.2, 0.25) is 0 Å². The summed E-state index contributed by atoms with van der Waals surface area (Å²) in [5, 5.41) is 20.3. The number of aromatic nitrogens is 1. The summed E-state index contributed by atoms with van der Waals surface area (Å²) in [6.07, 6.45) is 1.02. The van der Waals surface area contributed by atoms with Crippen molar-refractivity contribution >= 4 is 29.1 Å². The number of pyridine rings is 1. The number of anilines is 2. The quantitative estimate of drug-likeness (QED) is 0.101. The standard InChI is InChI=1S/C31H40N8O6/c1-31(2,3)45-30(40)35-17-21-14-23(11-10-19(21)16-32)36-26(20-13-22(18-41-4)27(43-6)25(15-20)42-5)28(33)37-38-29-24(39-44-7)9-8-12-34-29/h8-15,26,36,39H,17-18H2,1-7H3,(H2,33,37)(H,34,38)(H,35,40)/p+1. The molecule has 2 aromatic carbocycles. The molecule has 0 bridgehead atoms. The van der Waals surface area contributed by atoms with Gasteiger partial charge in [0.05, 0.1) is 39.6 Å². The lowest BCUT2D eigenvalue weighted by atomic mass is 10.0. The third-order valence-electron chi connectivity index (χ3n) is 6.24. The number of hydrogen-bond acceptors (Lipinski definition) is 11. The lowest BCUT2D eigenvalue weighted by Gasteiger charge is -2.23. The minimum Gasteiger partial charge on any atom is -0.493 e. The van der Waals surface area contributed by atoms with Crippen LogP contribution in [0.15, 0.2) is 53.8 Å². The molecule has 45 heavy (non-hydrogen) atoms. The van der Waals surface area contributed by atoms with E-state index >= 15 is 0 Å². The summed E-state index contributed by atoms with van der Waals surface area (Å²) >= 11 is 0. The zero-order valence-corrected chi connectivity index (χ0v) is 26.6. The van der Waals surface area contributed by atoms with Crippen molar-refractivity contribution in [2.45, 2.75) is 45.6 Å². The molecule has 7 N–H and O–H groups in total. The van der Waals surface area contributed by atoms with Crippen LogP contribution in [-0.4, -0.2) is 51.0 Å². The van der Waals surface area contributed by atoms with Gasteiger partial charge >= 0.3 is 6.09 Å². The second-order valence-corrected chi connectivity index (χ2v) is 10.7. The number of methoxy groups -OCH3 is 3. The molecular weight excluding hydrogens is 580 g/mol. The van der Waals surface area contributed by atoms with Crippen LogP contribution in [0.3, 0.4) is 0 Å². The normalized spacial score (nSPS) is 12.1. The number of amides is 1. The molecule has 0 aliphatic carbocycles. The average Bonchev–Trinajstić information content (AvgIpc) is 3.01. The van der Waals surface area contributed by atoms with E-state index in [0.717, 1.165) is 5.56 Å². The molecule has 0 aliphatic rings.